The van der Waals surface area contributed by atoms with Gasteiger partial charge in [-0.25, -0.2) is 4.98 Å². The van der Waals surface area contributed by atoms with E-state index in [0.29, 0.717) is 17.2 Å². The zero-order valence-electron chi connectivity index (χ0n) is 15.0. The maximum Gasteiger partial charge on any atom is 0.223 e. The molecule has 0 bridgehead atoms. The highest BCUT2D eigenvalue weighted by atomic mass is 35.5. The summed E-state index contributed by atoms with van der Waals surface area (Å²) < 4.78 is 8.65. The maximum atomic E-state index is 12.5. The van der Waals surface area contributed by atoms with Crippen molar-refractivity contribution in [1.29, 1.82) is 0 Å². The first kappa shape index (κ1) is 18.1. The predicted molar refractivity (Wildman–Crippen MR) is 108 cm³/mol. The van der Waals surface area contributed by atoms with Gasteiger partial charge in [0.15, 0.2) is 5.65 Å². The van der Waals surface area contributed by atoms with Crippen LogP contribution in [0.2, 0.25) is 5.02 Å². The second kappa shape index (κ2) is 7.78. The highest BCUT2D eigenvalue weighted by Gasteiger charge is 2.26. The third-order valence-corrected chi connectivity index (χ3v) is 5.66. The van der Waals surface area contributed by atoms with Crippen molar-refractivity contribution in [2.75, 3.05) is 18.0 Å². The van der Waals surface area contributed by atoms with E-state index in [1.54, 1.807) is 0 Å². The van der Waals surface area contributed by atoms with Crippen LogP contribution in [-0.2, 0) is 11.3 Å². The van der Waals surface area contributed by atoms with Gasteiger partial charge in [0, 0.05) is 36.3 Å². The Hall–Kier alpha value is -2.25. The topological polar surface area (TPSA) is 71.0 Å². The number of hydrogen-bond acceptors (Lipinski definition) is 6. The number of nitrogens with zero attached hydrogens (tertiary/aromatic N) is 4. The number of benzene rings is 1. The Kier molecular flexibility index (Phi) is 5.22. The molecule has 4 rings (SSSR count). The second-order valence-corrected chi connectivity index (χ2v) is 7.79. The Morgan fingerprint density at radius 1 is 1.30 bits per heavy atom. The molecule has 2 aromatic heterocycles. The quantitative estimate of drug-likeness (QED) is 0.723. The van der Waals surface area contributed by atoms with Gasteiger partial charge < -0.3 is 10.2 Å². The van der Waals surface area contributed by atoms with E-state index in [0.717, 1.165) is 48.4 Å². The molecule has 0 radical (unpaired) electrons. The third-order valence-electron chi connectivity index (χ3n) is 4.90. The molecule has 27 heavy (non-hydrogen) atoms. The van der Waals surface area contributed by atoms with Crippen LogP contribution in [0.4, 0.5) is 5.69 Å². The van der Waals surface area contributed by atoms with Crippen LogP contribution in [0.5, 0.6) is 0 Å². The molecule has 1 aliphatic heterocycles. The first-order valence-corrected chi connectivity index (χ1v) is 10.1. The number of halogens is 1. The summed E-state index contributed by atoms with van der Waals surface area (Å²) >= 11 is 7.18. The lowest BCUT2D eigenvalue weighted by molar-refractivity contribution is -0.125. The van der Waals surface area contributed by atoms with Gasteiger partial charge >= 0.3 is 0 Å². The zero-order valence-corrected chi connectivity index (χ0v) is 16.6. The fourth-order valence-corrected chi connectivity index (χ4v) is 4.20. The minimum absolute atomic E-state index is 0.0346. The number of anilines is 1. The average Bonchev–Trinajstić information content (AvgIpc) is 3.14. The molecule has 0 spiro atoms. The van der Waals surface area contributed by atoms with E-state index in [1.165, 1.54) is 11.7 Å². The first-order chi connectivity index (χ1) is 13.1. The SMILES string of the molecule is Cc1cc(N2CCC(C(=O)NCc3cccc(Cl)c3)CC2)c2nsnc2n1. The van der Waals surface area contributed by atoms with E-state index < -0.39 is 0 Å². The molecule has 0 unspecified atom stereocenters. The number of aromatic nitrogens is 3. The van der Waals surface area contributed by atoms with Gasteiger partial charge in [0.05, 0.1) is 17.4 Å². The molecule has 0 saturated carbocycles. The van der Waals surface area contributed by atoms with E-state index in [2.05, 4.69) is 30.0 Å². The van der Waals surface area contributed by atoms with Crippen molar-refractivity contribution in [2.24, 2.45) is 5.92 Å². The van der Waals surface area contributed by atoms with Gasteiger partial charge in [-0.1, -0.05) is 23.7 Å². The van der Waals surface area contributed by atoms with Crippen molar-refractivity contribution < 1.29 is 4.79 Å². The third kappa shape index (κ3) is 4.04. The number of fused-ring (bicyclic) bond motifs is 1. The lowest BCUT2D eigenvalue weighted by atomic mass is 9.95. The summed E-state index contributed by atoms with van der Waals surface area (Å²) in [5.74, 6) is 0.147. The molecule has 1 saturated heterocycles. The zero-order chi connectivity index (χ0) is 18.8. The lowest BCUT2D eigenvalue weighted by Gasteiger charge is -2.33. The van der Waals surface area contributed by atoms with Gasteiger partial charge in [-0.3, -0.25) is 4.79 Å². The van der Waals surface area contributed by atoms with Gasteiger partial charge in [0.25, 0.3) is 0 Å². The van der Waals surface area contributed by atoms with Crippen molar-refractivity contribution >= 4 is 46.1 Å². The molecule has 140 valence electrons. The molecule has 8 heteroatoms. The summed E-state index contributed by atoms with van der Waals surface area (Å²) in [6.45, 7) is 4.13. The van der Waals surface area contributed by atoms with Crippen LogP contribution in [0, 0.1) is 12.8 Å². The average molecular weight is 402 g/mol. The maximum absolute atomic E-state index is 12.5. The number of carbonyl (C=O) groups excluding carboxylic acids is 1. The van der Waals surface area contributed by atoms with Crippen molar-refractivity contribution in [1.82, 2.24) is 19.0 Å². The molecule has 1 N–H and O–H groups in total. The number of nitrogens with one attached hydrogen (secondary N) is 1. The number of rotatable bonds is 4. The number of piperidine rings is 1. The van der Waals surface area contributed by atoms with Gasteiger partial charge in [0.1, 0.15) is 5.52 Å². The van der Waals surface area contributed by atoms with E-state index in [1.807, 2.05) is 31.2 Å². The van der Waals surface area contributed by atoms with Gasteiger partial charge in [-0.2, -0.15) is 8.75 Å². The summed E-state index contributed by atoms with van der Waals surface area (Å²) in [5.41, 5.74) is 4.58. The summed E-state index contributed by atoms with van der Waals surface area (Å²) in [5, 5.41) is 3.72. The van der Waals surface area contributed by atoms with Crippen LogP contribution < -0.4 is 10.2 Å². The number of hydrogen-bond donors (Lipinski definition) is 1. The highest BCUT2D eigenvalue weighted by molar-refractivity contribution is 7.00. The lowest BCUT2D eigenvalue weighted by Crippen LogP contribution is -2.40. The van der Waals surface area contributed by atoms with E-state index in [-0.39, 0.29) is 11.8 Å². The normalized spacial score (nSPS) is 15.3. The molecule has 1 aromatic carbocycles. The summed E-state index contributed by atoms with van der Waals surface area (Å²) in [4.78, 5) is 19.3. The summed E-state index contributed by atoms with van der Waals surface area (Å²) in [7, 11) is 0. The Morgan fingerprint density at radius 2 is 2.11 bits per heavy atom. The van der Waals surface area contributed by atoms with Crippen LogP contribution >= 0.6 is 23.3 Å². The first-order valence-electron chi connectivity index (χ1n) is 8.97. The van der Waals surface area contributed by atoms with Gasteiger partial charge in [0.2, 0.25) is 5.91 Å². The number of aryl methyl sites for hydroxylation is 1. The Bertz CT molecular complexity index is 968. The largest absolute Gasteiger partial charge is 0.370 e. The fourth-order valence-electron chi connectivity index (χ4n) is 3.49. The molecule has 6 nitrogen and oxygen atoms in total. The van der Waals surface area contributed by atoms with E-state index in [9.17, 15) is 4.79 Å². The predicted octanol–water partition coefficient (Wildman–Crippen LogP) is 3.58. The van der Waals surface area contributed by atoms with Crippen LogP contribution in [0.15, 0.2) is 30.3 Å². The Morgan fingerprint density at radius 3 is 2.89 bits per heavy atom. The fraction of sp³-hybridized carbons (Fsp3) is 0.368. The minimum Gasteiger partial charge on any atom is -0.370 e. The number of pyridine rings is 1. The van der Waals surface area contributed by atoms with Crippen molar-refractivity contribution in [3.8, 4) is 0 Å². The molecule has 1 amide bonds. The standard InChI is InChI=1S/C19H20ClN5OS/c1-12-9-16(17-18(22-12)24-27-23-17)25-7-5-14(6-8-25)19(26)21-11-13-3-2-4-15(20)10-13/h2-4,9-10,14H,5-8,11H2,1H3,(H,21,26). The smallest absolute Gasteiger partial charge is 0.223 e. The van der Waals surface area contributed by atoms with Crippen LogP contribution in [-0.4, -0.2) is 32.7 Å². The van der Waals surface area contributed by atoms with Gasteiger partial charge in [-0.15, -0.1) is 0 Å². The van der Waals surface area contributed by atoms with E-state index in [4.69, 9.17) is 11.6 Å². The molecular weight excluding hydrogens is 382 g/mol. The van der Waals surface area contributed by atoms with Crippen molar-refractivity contribution in [2.45, 2.75) is 26.3 Å². The molecule has 1 aliphatic rings. The minimum atomic E-state index is 0.0346. The van der Waals surface area contributed by atoms with Crippen LogP contribution in [0.1, 0.15) is 24.1 Å². The molecule has 0 aliphatic carbocycles. The Balaban J connectivity index is 1.37. The van der Waals surface area contributed by atoms with Crippen molar-refractivity contribution in [3.05, 3.63) is 46.6 Å². The molecule has 3 heterocycles. The highest BCUT2D eigenvalue weighted by Crippen LogP contribution is 2.29. The molecule has 3 aromatic rings. The molecule has 0 atom stereocenters. The molecule has 1 fully saturated rings. The monoisotopic (exact) mass is 401 g/mol. The molecular formula is C19H20ClN5OS. The Labute approximate surface area is 166 Å². The van der Waals surface area contributed by atoms with Crippen LogP contribution in [0.25, 0.3) is 11.2 Å². The summed E-state index contributed by atoms with van der Waals surface area (Å²) in [6.07, 6.45) is 1.64. The second-order valence-electron chi connectivity index (χ2n) is 6.83. The van der Waals surface area contributed by atoms with Crippen LogP contribution in [0.3, 0.4) is 0 Å². The number of carbonyl (C=O) groups is 1. The van der Waals surface area contributed by atoms with Crippen molar-refractivity contribution in [3.63, 3.8) is 0 Å². The number of amides is 1. The summed E-state index contributed by atoms with van der Waals surface area (Å²) in [6, 6.07) is 9.63. The van der Waals surface area contributed by atoms with E-state index >= 15 is 0 Å². The van der Waals surface area contributed by atoms with Gasteiger partial charge in [-0.05, 0) is 43.5 Å².